The Hall–Kier alpha value is 0.784. The number of rotatable bonds is 4. The second-order valence-corrected chi connectivity index (χ2v) is 8.61. The van der Waals surface area contributed by atoms with Gasteiger partial charge in [-0.2, -0.15) is 11.2 Å². The Balaban J connectivity index is 2.72. The van der Waals surface area contributed by atoms with Crippen LogP contribution in [0, 0.1) is 0 Å². The predicted molar refractivity (Wildman–Crippen MR) is 50.7 cm³/mol. The third-order valence-corrected chi connectivity index (χ3v) is 4.61. The Morgan fingerprint density at radius 1 is 1.50 bits per heavy atom. The van der Waals surface area contributed by atoms with Crippen molar-refractivity contribution >= 4 is 29.4 Å². The summed E-state index contributed by atoms with van der Waals surface area (Å²) < 4.78 is 0. The molecule has 0 saturated heterocycles. The minimum atomic E-state index is -0.200. The lowest BCUT2D eigenvalue weighted by Gasteiger charge is -1.99. The van der Waals surface area contributed by atoms with E-state index in [2.05, 4.69) is 24.3 Å². The van der Waals surface area contributed by atoms with Crippen LogP contribution >= 0.6 is 11.2 Å². The van der Waals surface area contributed by atoms with E-state index >= 15 is 0 Å². The van der Waals surface area contributed by atoms with Crippen molar-refractivity contribution < 1.29 is 0 Å². The summed E-state index contributed by atoms with van der Waals surface area (Å²) >= 11 is 2.10. The highest BCUT2D eigenvalue weighted by molar-refractivity contribution is 8.19. The third-order valence-electron chi connectivity index (χ3n) is 1.13. The molecular formula is C5H16SSi2. The van der Waals surface area contributed by atoms with Crippen LogP contribution in [-0.2, 0) is 0 Å². The van der Waals surface area contributed by atoms with Gasteiger partial charge >= 0.3 is 0 Å². The van der Waals surface area contributed by atoms with Gasteiger partial charge in [0, 0.05) is 8.80 Å². The van der Waals surface area contributed by atoms with Crippen molar-refractivity contribution in [3.63, 3.8) is 0 Å². The molecule has 0 aromatic rings. The van der Waals surface area contributed by atoms with E-state index in [1.807, 2.05) is 0 Å². The average molecular weight is 164 g/mol. The van der Waals surface area contributed by atoms with Gasteiger partial charge in [0.05, 0.1) is 9.39 Å². The SMILES string of the molecule is C[SiH](C)CCCS[SiH3]. The minimum Gasteiger partial charge on any atom is -0.198 e. The van der Waals surface area contributed by atoms with Crippen molar-refractivity contribution in [2.24, 2.45) is 0 Å². The monoisotopic (exact) mass is 164 g/mol. The van der Waals surface area contributed by atoms with Gasteiger partial charge < -0.3 is 0 Å². The number of hydrogen-bond acceptors (Lipinski definition) is 1. The van der Waals surface area contributed by atoms with Crippen LogP contribution in [0.25, 0.3) is 0 Å². The predicted octanol–water partition coefficient (Wildman–Crippen LogP) is 0.877. The van der Waals surface area contributed by atoms with Gasteiger partial charge in [0.2, 0.25) is 0 Å². The lowest BCUT2D eigenvalue weighted by atomic mass is 10.6. The second-order valence-electron chi connectivity index (χ2n) is 2.53. The lowest BCUT2D eigenvalue weighted by molar-refractivity contribution is 1.08. The van der Waals surface area contributed by atoms with Crippen LogP contribution in [0.15, 0.2) is 0 Å². The molecule has 0 N–H and O–H groups in total. The molecule has 0 atom stereocenters. The lowest BCUT2D eigenvalue weighted by Crippen LogP contribution is -1.98. The first-order valence-corrected chi connectivity index (χ1v) is 10.2. The zero-order valence-corrected chi connectivity index (χ0v) is 10.1. The van der Waals surface area contributed by atoms with Gasteiger partial charge in [-0.15, -0.1) is 0 Å². The smallest absolute Gasteiger partial charge is 0.0694 e. The first kappa shape index (κ1) is 8.78. The van der Waals surface area contributed by atoms with Gasteiger partial charge in [0.15, 0.2) is 0 Å². The molecule has 0 rings (SSSR count). The maximum atomic E-state index is 2.43. The van der Waals surface area contributed by atoms with Gasteiger partial charge in [-0.1, -0.05) is 19.1 Å². The van der Waals surface area contributed by atoms with Crippen LogP contribution in [-0.4, -0.2) is 23.9 Å². The fraction of sp³-hybridized carbons (Fsp3) is 1.00. The zero-order valence-electron chi connectivity index (χ0n) is 6.11. The molecule has 8 heavy (non-hydrogen) atoms. The van der Waals surface area contributed by atoms with Crippen molar-refractivity contribution in [1.82, 2.24) is 0 Å². The summed E-state index contributed by atoms with van der Waals surface area (Å²) in [4.78, 5) is 0. The topological polar surface area (TPSA) is 0 Å². The van der Waals surface area contributed by atoms with Gasteiger partial charge in [-0.25, -0.2) is 0 Å². The molecule has 0 aliphatic carbocycles. The molecule has 0 fully saturated rings. The normalized spacial score (nSPS) is 10.9. The van der Waals surface area contributed by atoms with E-state index in [4.69, 9.17) is 0 Å². The fourth-order valence-corrected chi connectivity index (χ4v) is 3.27. The molecule has 0 aromatic carbocycles. The largest absolute Gasteiger partial charge is 0.198 e. The molecule has 0 aliphatic heterocycles. The third kappa shape index (κ3) is 6.78. The standard InChI is InChI=1S/C5H16SSi2/c1-8(2)5-3-4-6-7/h8H,3-5H2,1-2,7H3. The fourth-order valence-electron chi connectivity index (χ4n) is 0.636. The van der Waals surface area contributed by atoms with E-state index in [0.29, 0.717) is 0 Å². The molecule has 0 aromatic heterocycles. The molecule has 0 amide bonds. The molecule has 0 nitrogen and oxygen atoms in total. The molecule has 0 radical (unpaired) electrons. The van der Waals surface area contributed by atoms with Crippen molar-refractivity contribution in [2.75, 3.05) is 5.75 Å². The van der Waals surface area contributed by atoms with E-state index in [0.717, 1.165) is 0 Å². The summed E-state index contributed by atoms with van der Waals surface area (Å²) in [7, 11) is 1.13. The van der Waals surface area contributed by atoms with E-state index in [1.54, 1.807) is 6.04 Å². The van der Waals surface area contributed by atoms with E-state index in [1.165, 1.54) is 21.6 Å². The van der Waals surface area contributed by atoms with E-state index in [9.17, 15) is 0 Å². The average Bonchev–Trinajstić information content (AvgIpc) is 1.66. The van der Waals surface area contributed by atoms with Crippen LogP contribution in [0.3, 0.4) is 0 Å². The Kier molecular flexibility index (Phi) is 6.49. The van der Waals surface area contributed by atoms with Crippen LogP contribution in [0.2, 0.25) is 19.1 Å². The Morgan fingerprint density at radius 3 is 2.50 bits per heavy atom. The van der Waals surface area contributed by atoms with Crippen molar-refractivity contribution in [3.05, 3.63) is 0 Å². The summed E-state index contributed by atoms with van der Waals surface area (Å²) in [5.41, 5.74) is 0. The molecule has 0 bridgehead atoms. The Morgan fingerprint density at radius 2 is 2.12 bits per heavy atom. The zero-order chi connectivity index (χ0) is 6.41. The van der Waals surface area contributed by atoms with Crippen molar-refractivity contribution in [3.8, 4) is 0 Å². The van der Waals surface area contributed by atoms with Gasteiger partial charge in [0.25, 0.3) is 0 Å². The summed E-state index contributed by atoms with van der Waals surface area (Å²) in [6.07, 6.45) is 1.48. The molecule has 0 unspecified atom stereocenters. The number of hydrogen-bond donors (Lipinski definition) is 0. The van der Waals surface area contributed by atoms with Crippen LogP contribution < -0.4 is 0 Å². The Bertz CT molecular complexity index is 47.7. The molecule has 0 spiro atoms. The van der Waals surface area contributed by atoms with Crippen LogP contribution in [0.1, 0.15) is 6.42 Å². The molecular weight excluding hydrogens is 148 g/mol. The summed E-state index contributed by atoms with van der Waals surface area (Å²) in [5, 5.41) is 0. The van der Waals surface area contributed by atoms with Crippen LogP contribution in [0.4, 0.5) is 0 Å². The quantitative estimate of drug-likeness (QED) is 0.439. The van der Waals surface area contributed by atoms with Gasteiger partial charge in [-0.05, 0) is 12.2 Å². The highest BCUT2D eigenvalue weighted by Crippen LogP contribution is 2.01. The van der Waals surface area contributed by atoms with Crippen molar-refractivity contribution in [2.45, 2.75) is 25.6 Å². The molecule has 50 valence electrons. The molecule has 3 heteroatoms. The maximum Gasteiger partial charge on any atom is 0.0694 e. The highest BCUT2D eigenvalue weighted by Gasteiger charge is 1.92. The highest BCUT2D eigenvalue weighted by atomic mass is 32.4. The summed E-state index contributed by atoms with van der Waals surface area (Å²) in [6, 6.07) is 1.55. The first-order valence-electron chi connectivity index (χ1n) is 3.26. The van der Waals surface area contributed by atoms with E-state index in [-0.39, 0.29) is 8.80 Å². The maximum absolute atomic E-state index is 2.43. The molecule has 0 aliphatic rings. The summed E-state index contributed by atoms with van der Waals surface area (Å²) in [5.74, 6) is 1.43. The van der Waals surface area contributed by atoms with Gasteiger partial charge in [-0.3, -0.25) is 0 Å². The minimum absolute atomic E-state index is 0.200. The van der Waals surface area contributed by atoms with E-state index < -0.39 is 0 Å². The van der Waals surface area contributed by atoms with Gasteiger partial charge in [0.1, 0.15) is 0 Å². The Labute approximate surface area is 61.1 Å². The molecule has 0 heterocycles. The van der Waals surface area contributed by atoms with Crippen molar-refractivity contribution in [1.29, 1.82) is 0 Å². The first-order chi connectivity index (χ1) is 3.77. The summed E-state index contributed by atoms with van der Waals surface area (Å²) in [6.45, 7) is 4.86. The molecule has 0 saturated carbocycles. The van der Waals surface area contributed by atoms with Crippen LogP contribution in [0.5, 0.6) is 0 Å². The second kappa shape index (κ2) is 5.91.